The Labute approximate surface area is 163 Å². The maximum absolute atomic E-state index is 13.2. The van der Waals surface area contributed by atoms with Gasteiger partial charge in [-0.3, -0.25) is 4.79 Å². The van der Waals surface area contributed by atoms with Crippen LogP contribution in [0.1, 0.15) is 20.8 Å². The standard InChI is InChI=1S/C20H16F3NO3S/c1-12-5-6-16(17(7-12)27-20(22)23)24-19(25)18-8-13(11-28-18)10-26-15-4-2-3-14(21)9-15/h2-9,11,20H,10H2,1H3,(H,24,25). The number of halogens is 3. The first-order valence-electron chi connectivity index (χ1n) is 8.23. The maximum atomic E-state index is 13.2. The summed E-state index contributed by atoms with van der Waals surface area (Å²) in [6.45, 7) is -1.10. The summed E-state index contributed by atoms with van der Waals surface area (Å²) in [4.78, 5) is 12.8. The quantitative estimate of drug-likeness (QED) is 0.552. The Balaban J connectivity index is 1.66. The summed E-state index contributed by atoms with van der Waals surface area (Å²) in [5, 5.41) is 4.31. The molecule has 0 saturated heterocycles. The van der Waals surface area contributed by atoms with Crippen LogP contribution in [0, 0.1) is 12.7 Å². The molecule has 0 fully saturated rings. The van der Waals surface area contributed by atoms with E-state index in [2.05, 4.69) is 10.1 Å². The van der Waals surface area contributed by atoms with Crippen molar-refractivity contribution < 1.29 is 27.4 Å². The molecule has 3 aromatic rings. The average molecular weight is 407 g/mol. The molecule has 1 aromatic heterocycles. The summed E-state index contributed by atoms with van der Waals surface area (Å²) < 4.78 is 48.3. The van der Waals surface area contributed by atoms with Gasteiger partial charge in [-0.25, -0.2) is 4.39 Å². The summed E-state index contributed by atoms with van der Waals surface area (Å²) in [7, 11) is 0. The zero-order valence-corrected chi connectivity index (χ0v) is 15.6. The van der Waals surface area contributed by atoms with E-state index in [0.29, 0.717) is 10.6 Å². The molecule has 2 aromatic carbocycles. The Morgan fingerprint density at radius 1 is 1.18 bits per heavy atom. The van der Waals surface area contributed by atoms with Gasteiger partial charge in [-0.2, -0.15) is 8.78 Å². The molecule has 0 aliphatic carbocycles. The third-order valence-electron chi connectivity index (χ3n) is 3.68. The fraction of sp³-hybridized carbons (Fsp3) is 0.150. The van der Waals surface area contributed by atoms with E-state index < -0.39 is 18.3 Å². The summed E-state index contributed by atoms with van der Waals surface area (Å²) >= 11 is 1.18. The monoisotopic (exact) mass is 407 g/mol. The first-order chi connectivity index (χ1) is 13.4. The van der Waals surface area contributed by atoms with Crippen molar-refractivity contribution in [3.8, 4) is 11.5 Å². The number of anilines is 1. The molecule has 146 valence electrons. The lowest BCUT2D eigenvalue weighted by Gasteiger charge is -2.12. The van der Waals surface area contributed by atoms with Gasteiger partial charge in [0.1, 0.15) is 23.9 Å². The van der Waals surface area contributed by atoms with Crippen molar-refractivity contribution in [1.82, 2.24) is 0 Å². The predicted molar refractivity (Wildman–Crippen MR) is 101 cm³/mol. The molecule has 0 unspecified atom stereocenters. The van der Waals surface area contributed by atoms with Gasteiger partial charge in [-0.05, 0) is 48.2 Å². The molecule has 0 aliphatic heterocycles. The second kappa shape index (κ2) is 8.79. The number of hydrogen-bond donors (Lipinski definition) is 1. The second-order valence-electron chi connectivity index (χ2n) is 5.90. The molecule has 8 heteroatoms. The van der Waals surface area contributed by atoms with Crippen molar-refractivity contribution >= 4 is 22.9 Å². The van der Waals surface area contributed by atoms with Crippen LogP contribution in [0.3, 0.4) is 0 Å². The smallest absolute Gasteiger partial charge is 0.387 e. The lowest BCUT2D eigenvalue weighted by Crippen LogP contribution is -2.13. The lowest BCUT2D eigenvalue weighted by atomic mass is 10.2. The van der Waals surface area contributed by atoms with Gasteiger partial charge in [0.25, 0.3) is 5.91 Å². The fourth-order valence-corrected chi connectivity index (χ4v) is 3.20. The number of rotatable bonds is 7. The number of aryl methyl sites for hydroxylation is 1. The highest BCUT2D eigenvalue weighted by atomic mass is 32.1. The van der Waals surface area contributed by atoms with Gasteiger partial charge in [-0.15, -0.1) is 11.3 Å². The van der Waals surface area contributed by atoms with Gasteiger partial charge in [0, 0.05) is 11.6 Å². The van der Waals surface area contributed by atoms with Crippen molar-refractivity contribution in [2.24, 2.45) is 0 Å². The van der Waals surface area contributed by atoms with Crippen LogP contribution in [0.5, 0.6) is 11.5 Å². The molecule has 1 heterocycles. The molecular weight excluding hydrogens is 391 g/mol. The molecule has 4 nitrogen and oxygen atoms in total. The van der Waals surface area contributed by atoms with Crippen molar-refractivity contribution in [2.45, 2.75) is 20.1 Å². The van der Waals surface area contributed by atoms with E-state index in [0.717, 1.165) is 11.1 Å². The number of nitrogens with one attached hydrogen (secondary N) is 1. The lowest BCUT2D eigenvalue weighted by molar-refractivity contribution is -0.0494. The largest absolute Gasteiger partial charge is 0.489 e. The highest BCUT2D eigenvalue weighted by Crippen LogP contribution is 2.28. The normalized spacial score (nSPS) is 10.8. The molecule has 0 spiro atoms. The Morgan fingerprint density at radius 2 is 2.00 bits per heavy atom. The molecule has 0 atom stereocenters. The second-order valence-corrected chi connectivity index (χ2v) is 6.81. The van der Waals surface area contributed by atoms with Gasteiger partial charge in [-0.1, -0.05) is 12.1 Å². The number of benzene rings is 2. The summed E-state index contributed by atoms with van der Waals surface area (Å²) in [5.41, 5.74) is 1.61. The first-order valence-corrected chi connectivity index (χ1v) is 9.11. The zero-order valence-electron chi connectivity index (χ0n) is 14.7. The van der Waals surface area contributed by atoms with E-state index in [1.165, 1.54) is 41.7 Å². The molecule has 0 bridgehead atoms. The summed E-state index contributed by atoms with van der Waals surface area (Å²) in [6, 6.07) is 12.0. The number of alkyl halides is 2. The topological polar surface area (TPSA) is 47.6 Å². The average Bonchev–Trinajstić information content (AvgIpc) is 3.11. The van der Waals surface area contributed by atoms with Crippen LogP contribution >= 0.6 is 11.3 Å². The Bertz CT molecular complexity index is 975. The SMILES string of the molecule is Cc1ccc(NC(=O)c2cc(COc3cccc(F)c3)cs2)c(OC(F)F)c1. The molecule has 28 heavy (non-hydrogen) atoms. The van der Waals surface area contributed by atoms with Gasteiger partial charge < -0.3 is 14.8 Å². The molecule has 0 saturated carbocycles. The predicted octanol–water partition coefficient (Wildman–Crippen LogP) is 5.63. The third kappa shape index (κ3) is 5.26. The van der Waals surface area contributed by atoms with Gasteiger partial charge in [0.2, 0.25) is 0 Å². The number of carbonyl (C=O) groups excluding carboxylic acids is 1. The van der Waals surface area contributed by atoms with E-state index in [4.69, 9.17) is 4.74 Å². The molecule has 1 amide bonds. The Morgan fingerprint density at radius 3 is 2.75 bits per heavy atom. The van der Waals surface area contributed by atoms with Crippen LogP contribution in [0.25, 0.3) is 0 Å². The van der Waals surface area contributed by atoms with Crippen molar-refractivity contribution in [2.75, 3.05) is 5.32 Å². The maximum Gasteiger partial charge on any atom is 0.387 e. The van der Waals surface area contributed by atoms with Crippen LogP contribution in [-0.2, 0) is 6.61 Å². The van der Waals surface area contributed by atoms with E-state index in [-0.39, 0.29) is 18.0 Å². The zero-order chi connectivity index (χ0) is 20.1. The fourth-order valence-electron chi connectivity index (χ4n) is 2.40. The van der Waals surface area contributed by atoms with Crippen molar-refractivity contribution in [1.29, 1.82) is 0 Å². The van der Waals surface area contributed by atoms with E-state index in [9.17, 15) is 18.0 Å². The molecule has 1 N–H and O–H groups in total. The molecule has 0 aliphatic rings. The highest BCUT2D eigenvalue weighted by Gasteiger charge is 2.15. The molecule has 0 radical (unpaired) electrons. The van der Waals surface area contributed by atoms with Crippen LogP contribution in [0.4, 0.5) is 18.9 Å². The van der Waals surface area contributed by atoms with Gasteiger partial charge in [0.15, 0.2) is 0 Å². The van der Waals surface area contributed by atoms with Crippen LogP contribution in [-0.4, -0.2) is 12.5 Å². The van der Waals surface area contributed by atoms with Crippen LogP contribution in [0.15, 0.2) is 53.9 Å². The minimum atomic E-state index is -2.99. The number of carbonyl (C=O) groups is 1. The van der Waals surface area contributed by atoms with E-state index in [1.54, 1.807) is 30.5 Å². The summed E-state index contributed by atoms with van der Waals surface area (Å²) in [5.74, 6) is -0.576. The first kappa shape index (κ1) is 19.8. The number of amides is 1. The van der Waals surface area contributed by atoms with Crippen LogP contribution < -0.4 is 14.8 Å². The number of hydrogen-bond acceptors (Lipinski definition) is 4. The number of ether oxygens (including phenoxy) is 2. The Hall–Kier alpha value is -3.00. The van der Waals surface area contributed by atoms with Crippen molar-refractivity contribution in [3.05, 3.63) is 75.7 Å². The van der Waals surface area contributed by atoms with Crippen molar-refractivity contribution in [3.63, 3.8) is 0 Å². The van der Waals surface area contributed by atoms with E-state index in [1.807, 2.05) is 0 Å². The Kier molecular flexibility index (Phi) is 6.20. The molecular formula is C20H16F3NO3S. The summed E-state index contributed by atoms with van der Waals surface area (Å²) in [6.07, 6.45) is 0. The van der Waals surface area contributed by atoms with E-state index >= 15 is 0 Å². The van der Waals surface area contributed by atoms with Crippen LogP contribution in [0.2, 0.25) is 0 Å². The minimum absolute atomic E-state index is 0.102. The third-order valence-corrected chi connectivity index (χ3v) is 4.66. The van der Waals surface area contributed by atoms with Gasteiger partial charge in [0.05, 0.1) is 10.6 Å². The van der Waals surface area contributed by atoms with Gasteiger partial charge >= 0.3 is 6.61 Å². The minimum Gasteiger partial charge on any atom is -0.489 e. The highest BCUT2D eigenvalue weighted by molar-refractivity contribution is 7.12. The molecule has 3 rings (SSSR count). The number of thiophene rings is 1.